The topological polar surface area (TPSA) is 42.0 Å². The molecule has 104 valence electrons. The maximum Gasteiger partial charge on any atom is 0.237 e. The van der Waals surface area contributed by atoms with Gasteiger partial charge in [-0.2, -0.15) is 0 Å². The smallest absolute Gasteiger partial charge is 0.237 e. The van der Waals surface area contributed by atoms with E-state index in [1.807, 2.05) is 25.1 Å². The van der Waals surface area contributed by atoms with Crippen molar-refractivity contribution in [1.82, 2.24) is 4.98 Å². The van der Waals surface area contributed by atoms with Crippen molar-refractivity contribution in [2.75, 3.05) is 5.32 Å². The molecule has 2 rings (SSSR count). The second-order valence-electron chi connectivity index (χ2n) is 4.42. The predicted octanol–water partition coefficient (Wildman–Crippen LogP) is 3.73. The highest BCUT2D eigenvalue weighted by molar-refractivity contribution is 7.99. The van der Waals surface area contributed by atoms with Gasteiger partial charge in [0.05, 0.1) is 5.25 Å². The predicted molar refractivity (Wildman–Crippen MR) is 84.7 cm³/mol. The molecule has 3 nitrogen and oxygen atoms in total. The largest absolute Gasteiger partial charge is 0.325 e. The Hall–Kier alpha value is -1.81. The molecule has 0 saturated heterocycles. The van der Waals surface area contributed by atoms with Crippen molar-refractivity contribution in [2.45, 2.75) is 24.3 Å². The van der Waals surface area contributed by atoms with Crippen molar-refractivity contribution in [2.24, 2.45) is 0 Å². The lowest BCUT2D eigenvalue weighted by atomic mass is 10.2. The summed E-state index contributed by atoms with van der Waals surface area (Å²) in [7, 11) is 0. The zero-order valence-electron chi connectivity index (χ0n) is 11.5. The van der Waals surface area contributed by atoms with Gasteiger partial charge in [0, 0.05) is 23.8 Å². The number of thioether (sulfide) groups is 1. The number of benzene rings is 1. The molecule has 0 bridgehead atoms. The van der Waals surface area contributed by atoms with Gasteiger partial charge in [-0.3, -0.25) is 9.78 Å². The number of hydrogen-bond donors (Lipinski definition) is 1. The number of nitrogens with one attached hydrogen (secondary N) is 1. The first-order valence-corrected chi connectivity index (χ1v) is 7.71. The van der Waals surface area contributed by atoms with Gasteiger partial charge in [0.25, 0.3) is 0 Å². The molecule has 1 unspecified atom stereocenters. The molecular formula is C16H18N2OS. The van der Waals surface area contributed by atoms with Crippen LogP contribution in [0.4, 0.5) is 5.69 Å². The minimum absolute atomic E-state index is 0.0385. The Bertz CT molecular complexity index is 531. The lowest BCUT2D eigenvalue weighted by Gasteiger charge is -2.14. The van der Waals surface area contributed by atoms with E-state index in [0.29, 0.717) is 0 Å². The minimum Gasteiger partial charge on any atom is -0.325 e. The highest BCUT2D eigenvalue weighted by Gasteiger charge is 2.16. The van der Waals surface area contributed by atoms with Crippen LogP contribution < -0.4 is 5.32 Å². The lowest BCUT2D eigenvalue weighted by molar-refractivity contribution is -0.115. The van der Waals surface area contributed by atoms with Crippen molar-refractivity contribution >= 4 is 23.4 Å². The van der Waals surface area contributed by atoms with E-state index in [0.717, 1.165) is 17.9 Å². The molecule has 0 radical (unpaired) electrons. The maximum atomic E-state index is 12.2. The normalized spacial score (nSPS) is 11.8. The molecule has 1 aromatic heterocycles. The molecule has 1 atom stereocenters. The summed E-state index contributed by atoms with van der Waals surface area (Å²) in [4.78, 5) is 16.1. The third-order valence-electron chi connectivity index (χ3n) is 2.91. The van der Waals surface area contributed by atoms with E-state index in [9.17, 15) is 4.79 Å². The molecule has 1 amide bonds. The van der Waals surface area contributed by atoms with E-state index >= 15 is 0 Å². The zero-order chi connectivity index (χ0) is 14.2. The average molecular weight is 286 g/mol. The molecular weight excluding hydrogens is 268 g/mol. The molecule has 0 aliphatic carbocycles. The van der Waals surface area contributed by atoms with E-state index < -0.39 is 0 Å². The van der Waals surface area contributed by atoms with Gasteiger partial charge in [-0.25, -0.2) is 0 Å². The second kappa shape index (κ2) is 7.70. The van der Waals surface area contributed by atoms with Gasteiger partial charge in [0.2, 0.25) is 5.91 Å². The number of pyridine rings is 1. The number of rotatable bonds is 6. The van der Waals surface area contributed by atoms with E-state index in [2.05, 4.69) is 22.4 Å². The van der Waals surface area contributed by atoms with Gasteiger partial charge < -0.3 is 5.32 Å². The summed E-state index contributed by atoms with van der Waals surface area (Å²) in [5.74, 6) is 0.906. The van der Waals surface area contributed by atoms with E-state index in [-0.39, 0.29) is 11.2 Å². The number of hydrogen-bond acceptors (Lipinski definition) is 3. The van der Waals surface area contributed by atoms with Crippen LogP contribution in [0.1, 0.15) is 18.9 Å². The summed E-state index contributed by atoms with van der Waals surface area (Å²) in [6.45, 7) is 2.04. The lowest BCUT2D eigenvalue weighted by Crippen LogP contribution is -2.24. The Balaban J connectivity index is 1.89. The van der Waals surface area contributed by atoms with Crippen LogP contribution >= 0.6 is 11.8 Å². The number of amides is 1. The highest BCUT2D eigenvalue weighted by atomic mass is 32.2. The Labute approximate surface area is 123 Å². The van der Waals surface area contributed by atoms with Crippen LogP contribution in [-0.2, 0) is 10.5 Å². The molecule has 4 heteroatoms. The summed E-state index contributed by atoms with van der Waals surface area (Å²) < 4.78 is 0. The van der Waals surface area contributed by atoms with Crippen molar-refractivity contribution in [3.8, 4) is 0 Å². The molecule has 0 aliphatic rings. The highest BCUT2D eigenvalue weighted by Crippen LogP contribution is 2.21. The molecule has 20 heavy (non-hydrogen) atoms. The van der Waals surface area contributed by atoms with Crippen LogP contribution in [0.25, 0.3) is 0 Å². The van der Waals surface area contributed by atoms with Crippen LogP contribution in [0, 0.1) is 0 Å². The molecule has 1 N–H and O–H groups in total. The number of carbonyl (C=O) groups is 1. The molecule has 0 fully saturated rings. The van der Waals surface area contributed by atoms with Crippen molar-refractivity contribution < 1.29 is 4.79 Å². The first-order valence-electron chi connectivity index (χ1n) is 6.66. The van der Waals surface area contributed by atoms with Crippen molar-refractivity contribution in [1.29, 1.82) is 0 Å². The summed E-state index contributed by atoms with van der Waals surface area (Å²) >= 11 is 1.67. The fourth-order valence-corrected chi connectivity index (χ4v) is 2.84. The Kier molecular flexibility index (Phi) is 5.62. The monoisotopic (exact) mass is 286 g/mol. The number of nitrogens with zero attached hydrogens (tertiary/aromatic N) is 1. The Morgan fingerprint density at radius 1 is 1.20 bits per heavy atom. The van der Waals surface area contributed by atoms with Gasteiger partial charge >= 0.3 is 0 Å². The van der Waals surface area contributed by atoms with Crippen molar-refractivity contribution in [3.63, 3.8) is 0 Å². The quantitative estimate of drug-likeness (QED) is 0.879. The Morgan fingerprint density at radius 3 is 2.55 bits per heavy atom. The molecule has 0 spiro atoms. The molecule has 2 aromatic rings. The Morgan fingerprint density at radius 2 is 1.90 bits per heavy atom. The molecule has 1 aromatic carbocycles. The van der Waals surface area contributed by atoms with Gasteiger partial charge in [-0.15, -0.1) is 11.8 Å². The standard InChI is InChI=1S/C16H18N2OS/c1-2-15(20-12-13-6-4-3-5-7-13)16(19)18-14-8-10-17-11-9-14/h3-11,15H,2,12H2,1H3,(H,17,18,19). The fraction of sp³-hybridized carbons (Fsp3) is 0.250. The number of aromatic nitrogens is 1. The van der Waals surface area contributed by atoms with Gasteiger partial charge in [-0.05, 0) is 24.1 Å². The van der Waals surface area contributed by atoms with E-state index in [1.54, 1.807) is 36.3 Å². The minimum atomic E-state index is -0.0385. The maximum absolute atomic E-state index is 12.2. The zero-order valence-corrected chi connectivity index (χ0v) is 12.3. The van der Waals surface area contributed by atoms with E-state index in [1.165, 1.54) is 5.56 Å². The molecule has 0 saturated carbocycles. The third kappa shape index (κ3) is 4.38. The summed E-state index contributed by atoms with van der Waals surface area (Å²) in [6.07, 6.45) is 4.16. The average Bonchev–Trinajstić information content (AvgIpc) is 2.50. The van der Waals surface area contributed by atoms with E-state index in [4.69, 9.17) is 0 Å². The third-order valence-corrected chi connectivity index (χ3v) is 4.35. The van der Waals surface area contributed by atoms with Gasteiger partial charge in [-0.1, -0.05) is 37.3 Å². The van der Waals surface area contributed by atoms with Crippen LogP contribution in [-0.4, -0.2) is 16.1 Å². The summed E-state index contributed by atoms with van der Waals surface area (Å²) in [5.41, 5.74) is 2.04. The molecule has 1 heterocycles. The molecule has 0 aliphatic heterocycles. The number of carbonyl (C=O) groups excluding carboxylic acids is 1. The summed E-state index contributed by atoms with van der Waals surface area (Å²) in [6, 6.07) is 13.8. The first-order chi connectivity index (χ1) is 9.79. The van der Waals surface area contributed by atoms with Crippen LogP contribution in [0.2, 0.25) is 0 Å². The SMILES string of the molecule is CCC(SCc1ccccc1)C(=O)Nc1ccncc1. The number of anilines is 1. The van der Waals surface area contributed by atoms with Crippen LogP contribution in [0.15, 0.2) is 54.9 Å². The van der Waals surface area contributed by atoms with Crippen LogP contribution in [0.3, 0.4) is 0 Å². The van der Waals surface area contributed by atoms with Crippen LogP contribution in [0.5, 0.6) is 0 Å². The summed E-state index contributed by atoms with van der Waals surface area (Å²) in [5, 5.41) is 2.89. The van der Waals surface area contributed by atoms with Gasteiger partial charge in [0.1, 0.15) is 0 Å². The second-order valence-corrected chi connectivity index (χ2v) is 5.61. The van der Waals surface area contributed by atoms with Crippen molar-refractivity contribution in [3.05, 3.63) is 60.4 Å². The van der Waals surface area contributed by atoms with Gasteiger partial charge in [0.15, 0.2) is 0 Å². The first kappa shape index (κ1) is 14.6. The fourth-order valence-electron chi connectivity index (χ4n) is 1.81.